The zero-order valence-corrected chi connectivity index (χ0v) is 5.46. The number of H-pyrrole nitrogens is 1. The van der Waals surface area contributed by atoms with Crippen LogP contribution in [0.15, 0.2) is 12.5 Å². The third-order valence-electron chi connectivity index (χ3n) is 1.83. The molecule has 10 heavy (non-hydrogen) atoms. The second kappa shape index (κ2) is 1.81. The van der Waals surface area contributed by atoms with Gasteiger partial charge in [-0.1, -0.05) is 0 Å². The molecule has 1 aromatic heterocycles. The fourth-order valence-electron chi connectivity index (χ4n) is 1.06. The van der Waals surface area contributed by atoms with Gasteiger partial charge in [0.05, 0.1) is 18.2 Å². The van der Waals surface area contributed by atoms with Crippen LogP contribution >= 0.6 is 0 Å². The molecule has 0 saturated carbocycles. The van der Waals surface area contributed by atoms with Crippen LogP contribution in [-0.2, 0) is 5.60 Å². The van der Waals surface area contributed by atoms with E-state index in [1.807, 2.05) is 0 Å². The van der Waals surface area contributed by atoms with Gasteiger partial charge < -0.3 is 15.4 Å². The highest BCUT2D eigenvalue weighted by Gasteiger charge is 2.37. The molecule has 1 aliphatic heterocycles. The van der Waals surface area contributed by atoms with Crippen molar-refractivity contribution in [2.24, 2.45) is 0 Å². The average Bonchev–Trinajstić information content (AvgIpc) is 2.33. The molecule has 0 unspecified atom stereocenters. The van der Waals surface area contributed by atoms with Crippen LogP contribution < -0.4 is 5.32 Å². The Morgan fingerprint density at radius 3 is 2.80 bits per heavy atom. The van der Waals surface area contributed by atoms with E-state index in [0.29, 0.717) is 13.1 Å². The van der Waals surface area contributed by atoms with Crippen LogP contribution in [0, 0.1) is 0 Å². The standard InChI is InChI=1S/C6H9N3O/c10-6(2-8-3-6)5-1-7-4-9-5/h1,4,8,10H,2-3H2,(H,7,9). The maximum Gasteiger partial charge on any atom is 0.130 e. The summed E-state index contributed by atoms with van der Waals surface area (Å²) in [5, 5.41) is 12.6. The minimum atomic E-state index is -0.684. The summed E-state index contributed by atoms with van der Waals surface area (Å²) in [4.78, 5) is 6.71. The number of hydrogen-bond acceptors (Lipinski definition) is 3. The first-order valence-electron chi connectivity index (χ1n) is 3.23. The number of aromatic nitrogens is 2. The van der Waals surface area contributed by atoms with E-state index in [1.54, 1.807) is 12.5 Å². The Bertz CT molecular complexity index is 215. The molecule has 0 radical (unpaired) electrons. The molecule has 4 nitrogen and oxygen atoms in total. The Morgan fingerprint density at radius 1 is 1.60 bits per heavy atom. The smallest absolute Gasteiger partial charge is 0.130 e. The number of rotatable bonds is 1. The maximum absolute atomic E-state index is 9.64. The molecule has 1 fully saturated rings. The summed E-state index contributed by atoms with van der Waals surface area (Å²) < 4.78 is 0. The molecule has 2 rings (SSSR count). The lowest BCUT2D eigenvalue weighted by molar-refractivity contribution is -0.0182. The van der Waals surface area contributed by atoms with Crippen molar-refractivity contribution in [3.63, 3.8) is 0 Å². The normalized spacial score (nSPS) is 22.1. The maximum atomic E-state index is 9.64. The van der Waals surface area contributed by atoms with Crippen molar-refractivity contribution in [1.29, 1.82) is 0 Å². The fourth-order valence-corrected chi connectivity index (χ4v) is 1.06. The van der Waals surface area contributed by atoms with E-state index in [9.17, 15) is 5.11 Å². The Morgan fingerprint density at radius 2 is 2.40 bits per heavy atom. The highest BCUT2D eigenvalue weighted by atomic mass is 16.3. The van der Waals surface area contributed by atoms with Crippen LogP contribution in [0.25, 0.3) is 0 Å². The Balaban J connectivity index is 2.27. The SMILES string of the molecule is OC1(c2cnc[nH]2)CNC1. The first kappa shape index (κ1) is 5.88. The van der Waals surface area contributed by atoms with Gasteiger partial charge in [-0.05, 0) is 0 Å². The second-order valence-corrected chi connectivity index (χ2v) is 2.60. The summed E-state index contributed by atoms with van der Waals surface area (Å²) in [6.07, 6.45) is 3.23. The monoisotopic (exact) mass is 139 g/mol. The minimum Gasteiger partial charge on any atom is -0.381 e. The predicted octanol–water partition coefficient (Wildman–Crippen LogP) is -0.800. The number of β-amino-alcohol motifs (C(OH)–C–C–N with tert-alkyl or cyclic N) is 1. The molecule has 0 spiro atoms. The summed E-state index contributed by atoms with van der Waals surface area (Å²) in [6, 6.07) is 0. The molecule has 0 bridgehead atoms. The number of nitrogens with one attached hydrogen (secondary N) is 2. The van der Waals surface area contributed by atoms with Crippen molar-refractivity contribution >= 4 is 0 Å². The lowest BCUT2D eigenvalue weighted by atomic mass is 9.94. The average molecular weight is 139 g/mol. The zero-order chi connectivity index (χ0) is 7.03. The predicted molar refractivity (Wildman–Crippen MR) is 35.4 cm³/mol. The van der Waals surface area contributed by atoms with Gasteiger partial charge >= 0.3 is 0 Å². The third kappa shape index (κ3) is 0.661. The van der Waals surface area contributed by atoms with E-state index >= 15 is 0 Å². The Labute approximate surface area is 58.3 Å². The molecule has 0 aliphatic carbocycles. The quantitative estimate of drug-likeness (QED) is 0.477. The lowest BCUT2D eigenvalue weighted by Crippen LogP contribution is -2.56. The second-order valence-electron chi connectivity index (χ2n) is 2.60. The van der Waals surface area contributed by atoms with Gasteiger partial charge in [-0.3, -0.25) is 0 Å². The van der Waals surface area contributed by atoms with E-state index in [0.717, 1.165) is 5.69 Å². The van der Waals surface area contributed by atoms with Gasteiger partial charge in [-0.25, -0.2) is 4.98 Å². The summed E-state index contributed by atoms with van der Waals surface area (Å²) in [5.41, 5.74) is 0.113. The van der Waals surface area contributed by atoms with Crippen LogP contribution in [0.1, 0.15) is 5.69 Å². The first-order valence-corrected chi connectivity index (χ1v) is 3.23. The van der Waals surface area contributed by atoms with Crippen molar-refractivity contribution in [2.75, 3.05) is 13.1 Å². The summed E-state index contributed by atoms with van der Waals surface area (Å²) in [5.74, 6) is 0. The number of aliphatic hydroxyl groups is 1. The largest absolute Gasteiger partial charge is 0.381 e. The highest BCUT2D eigenvalue weighted by molar-refractivity contribution is 5.14. The molecule has 3 N–H and O–H groups in total. The lowest BCUT2D eigenvalue weighted by Gasteiger charge is -2.36. The van der Waals surface area contributed by atoms with E-state index in [2.05, 4.69) is 15.3 Å². The van der Waals surface area contributed by atoms with Gasteiger partial charge in [-0.2, -0.15) is 0 Å². The number of aromatic amines is 1. The van der Waals surface area contributed by atoms with Crippen LogP contribution in [0.4, 0.5) is 0 Å². The highest BCUT2D eigenvalue weighted by Crippen LogP contribution is 2.21. The van der Waals surface area contributed by atoms with E-state index in [-0.39, 0.29) is 0 Å². The van der Waals surface area contributed by atoms with Crippen LogP contribution in [-0.4, -0.2) is 28.2 Å². The topological polar surface area (TPSA) is 60.9 Å². The van der Waals surface area contributed by atoms with Gasteiger partial charge in [0.1, 0.15) is 5.60 Å². The molecule has 1 saturated heterocycles. The van der Waals surface area contributed by atoms with Gasteiger partial charge in [0.15, 0.2) is 0 Å². The van der Waals surface area contributed by atoms with Gasteiger partial charge in [0, 0.05) is 13.1 Å². The van der Waals surface area contributed by atoms with E-state index in [4.69, 9.17) is 0 Å². The number of imidazole rings is 1. The Kier molecular flexibility index (Phi) is 1.06. The fraction of sp³-hybridized carbons (Fsp3) is 0.500. The molecule has 2 heterocycles. The molecule has 1 aromatic rings. The number of hydrogen-bond donors (Lipinski definition) is 3. The van der Waals surface area contributed by atoms with Gasteiger partial charge in [0.25, 0.3) is 0 Å². The molecule has 0 amide bonds. The number of nitrogens with zero attached hydrogens (tertiary/aromatic N) is 1. The summed E-state index contributed by atoms with van der Waals surface area (Å²) in [7, 11) is 0. The van der Waals surface area contributed by atoms with Gasteiger partial charge in [0.2, 0.25) is 0 Å². The molecular formula is C6H9N3O. The molecule has 0 atom stereocenters. The van der Waals surface area contributed by atoms with Gasteiger partial charge in [-0.15, -0.1) is 0 Å². The van der Waals surface area contributed by atoms with Crippen molar-refractivity contribution < 1.29 is 5.11 Å². The molecule has 54 valence electrons. The van der Waals surface area contributed by atoms with Crippen molar-refractivity contribution in [3.8, 4) is 0 Å². The first-order chi connectivity index (χ1) is 4.81. The van der Waals surface area contributed by atoms with Crippen LogP contribution in [0.5, 0.6) is 0 Å². The van der Waals surface area contributed by atoms with Crippen LogP contribution in [0.3, 0.4) is 0 Å². The molecular weight excluding hydrogens is 130 g/mol. The molecule has 1 aliphatic rings. The molecule has 4 heteroatoms. The van der Waals surface area contributed by atoms with E-state index < -0.39 is 5.60 Å². The minimum absolute atomic E-state index is 0.620. The third-order valence-corrected chi connectivity index (χ3v) is 1.83. The van der Waals surface area contributed by atoms with Crippen molar-refractivity contribution in [2.45, 2.75) is 5.60 Å². The summed E-state index contributed by atoms with van der Waals surface area (Å²) >= 11 is 0. The molecule has 0 aromatic carbocycles. The van der Waals surface area contributed by atoms with E-state index in [1.165, 1.54) is 0 Å². The zero-order valence-electron chi connectivity index (χ0n) is 5.46. The summed E-state index contributed by atoms with van der Waals surface area (Å²) in [6.45, 7) is 1.24. The van der Waals surface area contributed by atoms with Crippen LogP contribution in [0.2, 0.25) is 0 Å². The van der Waals surface area contributed by atoms with Crippen molar-refractivity contribution in [3.05, 3.63) is 18.2 Å². The Hall–Kier alpha value is -0.870. The van der Waals surface area contributed by atoms with Crippen molar-refractivity contribution in [1.82, 2.24) is 15.3 Å².